The molecule has 0 saturated heterocycles. The van der Waals surface area contributed by atoms with Crippen molar-refractivity contribution in [3.05, 3.63) is 65.9 Å². The number of sulfonamides is 1. The second-order valence-corrected chi connectivity index (χ2v) is 8.20. The van der Waals surface area contributed by atoms with Crippen LogP contribution in [0.2, 0.25) is 0 Å². The molecule has 29 heavy (non-hydrogen) atoms. The molecule has 0 radical (unpaired) electrons. The molecule has 0 spiro atoms. The highest BCUT2D eigenvalue weighted by molar-refractivity contribution is 7.92. The topological polar surface area (TPSA) is 117 Å². The predicted molar refractivity (Wildman–Crippen MR) is 110 cm³/mol. The average molecular weight is 415 g/mol. The molecular formula is C20H21N3O5S. The fourth-order valence-electron chi connectivity index (χ4n) is 2.88. The molecule has 0 aliphatic rings. The number of carbonyl (C=O) groups is 2. The van der Waals surface area contributed by atoms with Crippen molar-refractivity contribution >= 4 is 38.5 Å². The van der Waals surface area contributed by atoms with Crippen molar-refractivity contribution in [2.45, 2.75) is 6.42 Å². The number of esters is 1. The van der Waals surface area contributed by atoms with Crippen LogP contribution in [0.15, 0.2) is 54.7 Å². The van der Waals surface area contributed by atoms with Gasteiger partial charge in [-0.25, -0.2) is 13.2 Å². The van der Waals surface area contributed by atoms with Gasteiger partial charge >= 0.3 is 5.97 Å². The van der Waals surface area contributed by atoms with E-state index in [1.807, 2.05) is 30.5 Å². The molecule has 1 amide bonds. The quantitative estimate of drug-likeness (QED) is 0.487. The van der Waals surface area contributed by atoms with Crippen LogP contribution in [-0.4, -0.2) is 44.7 Å². The van der Waals surface area contributed by atoms with E-state index in [-0.39, 0.29) is 11.3 Å². The number of aromatic nitrogens is 1. The lowest BCUT2D eigenvalue weighted by atomic mass is 10.1. The molecule has 1 aromatic heterocycles. The molecule has 0 fully saturated rings. The van der Waals surface area contributed by atoms with Gasteiger partial charge in [-0.3, -0.25) is 9.52 Å². The van der Waals surface area contributed by atoms with E-state index in [4.69, 9.17) is 4.74 Å². The Morgan fingerprint density at radius 3 is 2.59 bits per heavy atom. The van der Waals surface area contributed by atoms with Crippen LogP contribution in [0.4, 0.5) is 5.69 Å². The summed E-state index contributed by atoms with van der Waals surface area (Å²) >= 11 is 0. The van der Waals surface area contributed by atoms with E-state index in [2.05, 4.69) is 15.0 Å². The molecule has 0 saturated carbocycles. The lowest BCUT2D eigenvalue weighted by molar-refractivity contribution is -0.124. The van der Waals surface area contributed by atoms with Crippen molar-refractivity contribution in [3.63, 3.8) is 0 Å². The van der Waals surface area contributed by atoms with Crippen LogP contribution >= 0.6 is 0 Å². The van der Waals surface area contributed by atoms with Gasteiger partial charge in [0.05, 0.1) is 17.5 Å². The number of anilines is 1. The maximum absolute atomic E-state index is 12.2. The number of amides is 1. The van der Waals surface area contributed by atoms with Crippen molar-refractivity contribution in [2.24, 2.45) is 0 Å². The van der Waals surface area contributed by atoms with Crippen LogP contribution in [0.3, 0.4) is 0 Å². The average Bonchev–Trinajstić information content (AvgIpc) is 3.08. The van der Waals surface area contributed by atoms with Crippen molar-refractivity contribution in [2.75, 3.05) is 24.1 Å². The van der Waals surface area contributed by atoms with Gasteiger partial charge < -0.3 is 15.0 Å². The van der Waals surface area contributed by atoms with Crippen LogP contribution in [-0.2, 0) is 26.0 Å². The van der Waals surface area contributed by atoms with Crippen LogP contribution in [0.25, 0.3) is 10.9 Å². The molecule has 3 N–H and O–H groups in total. The normalized spacial score (nSPS) is 11.2. The minimum atomic E-state index is -3.55. The van der Waals surface area contributed by atoms with Gasteiger partial charge in [-0.1, -0.05) is 30.3 Å². The Bertz CT molecular complexity index is 1140. The molecular weight excluding hydrogens is 394 g/mol. The third-order valence-electron chi connectivity index (χ3n) is 4.17. The monoisotopic (exact) mass is 415 g/mol. The highest BCUT2D eigenvalue weighted by Gasteiger charge is 2.16. The van der Waals surface area contributed by atoms with Crippen LogP contribution in [0, 0.1) is 0 Å². The molecule has 3 aromatic rings. The minimum absolute atomic E-state index is 0.0320. The highest BCUT2D eigenvalue weighted by atomic mass is 32.2. The number of hydrogen-bond acceptors (Lipinski definition) is 5. The summed E-state index contributed by atoms with van der Waals surface area (Å²) in [5.74, 6) is -1.23. The number of fused-ring (bicyclic) bond motifs is 1. The highest BCUT2D eigenvalue weighted by Crippen LogP contribution is 2.18. The lowest BCUT2D eigenvalue weighted by Gasteiger charge is -2.10. The fourth-order valence-corrected chi connectivity index (χ4v) is 3.46. The van der Waals surface area contributed by atoms with Crippen LogP contribution < -0.4 is 10.0 Å². The maximum atomic E-state index is 12.2. The molecule has 2 aromatic carbocycles. The van der Waals surface area contributed by atoms with Crippen molar-refractivity contribution < 1.29 is 22.7 Å². The van der Waals surface area contributed by atoms with Crippen molar-refractivity contribution in [1.29, 1.82) is 0 Å². The summed E-state index contributed by atoms with van der Waals surface area (Å²) in [6.45, 7) is -0.0651. The number of benzene rings is 2. The molecule has 3 rings (SSSR count). The van der Waals surface area contributed by atoms with Gasteiger partial charge in [0.15, 0.2) is 6.61 Å². The molecule has 1 heterocycles. The first-order chi connectivity index (χ1) is 13.8. The third kappa shape index (κ3) is 5.58. The Kier molecular flexibility index (Phi) is 6.18. The lowest BCUT2D eigenvalue weighted by Crippen LogP contribution is -2.30. The number of ether oxygens (including phenoxy) is 1. The Balaban J connectivity index is 1.50. The third-order valence-corrected chi connectivity index (χ3v) is 4.76. The Morgan fingerprint density at radius 2 is 1.79 bits per heavy atom. The molecule has 152 valence electrons. The van der Waals surface area contributed by atoms with E-state index in [1.165, 1.54) is 12.1 Å². The molecule has 0 atom stereocenters. The summed E-state index contributed by atoms with van der Waals surface area (Å²) in [6.07, 6.45) is 3.52. The zero-order valence-corrected chi connectivity index (χ0v) is 16.6. The zero-order valence-electron chi connectivity index (χ0n) is 15.8. The minimum Gasteiger partial charge on any atom is -0.452 e. The number of carbonyl (C=O) groups excluding carboxylic acids is 2. The molecule has 8 nitrogen and oxygen atoms in total. The summed E-state index contributed by atoms with van der Waals surface area (Å²) in [5, 5.41) is 3.80. The predicted octanol–water partition coefficient (Wildman–Crippen LogP) is 2.06. The Morgan fingerprint density at radius 1 is 1.07 bits per heavy atom. The second-order valence-electron chi connectivity index (χ2n) is 6.46. The van der Waals surface area contributed by atoms with Crippen molar-refractivity contribution in [3.8, 4) is 0 Å². The van der Waals surface area contributed by atoms with E-state index < -0.39 is 28.5 Å². The van der Waals surface area contributed by atoms with E-state index >= 15 is 0 Å². The number of rotatable bonds is 8. The molecule has 0 bridgehead atoms. The smallest absolute Gasteiger partial charge is 0.340 e. The zero-order chi connectivity index (χ0) is 20.9. The van der Waals surface area contributed by atoms with Gasteiger partial charge in [0.25, 0.3) is 5.91 Å². The number of aromatic amines is 1. The first-order valence-corrected chi connectivity index (χ1v) is 10.8. The maximum Gasteiger partial charge on any atom is 0.340 e. The second kappa shape index (κ2) is 8.78. The summed E-state index contributed by atoms with van der Waals surface area (Å²) in [5.41, 5.74) is 2.24. The number of H-pyrrole nitrogens is 1. The summed E-state index contributed by atoms with van der Waals surface area (Å²) in [4.78, 5) is 27.4. The van der Waals surface area contributed by atoms with Gasteiger partial charge in [0.2, 0.25) is 10.0 Å². The number of para-hydroxylation sites is 2. The van der Waals surface area contributed by atoms with Gasteiger partial charge in [-0.15, -0.1) is 0 Å². The first kappa shape index (κ1) is 20.4. The summed E-state index contributed by atoms with van der Waals surface area (Å²) < 4.78 is 30.1. The fraction of sp³-hybridized carbons (Fsp3) is 0.200. The van der Waals surface area contributed by atoms with E-state index in [9.17, 15) is 18.0 Å². The van der Waals surface area contributed by atoms with E-state index in [1.54, 1.807) is 12.1 Å². The van der Waals surface area contributed by atoms with Crippen LogP contribution in [0.5, 0.6) is 0 Å². The molecule has 0 aliphatic carbocycles. The van der Waals surface area contributed by atoms with Gasteiger partial charge in [-0.05, 0) is 30.2 Å². The van der Waals surface area contributed by atoms with E-state index in [0.717, 1.165) is 22.7 Å². The summed E-state index contributed by atoms with van der Waals surface area (Å²) in [7, 11) is -3.55. The Hall–Kier alpha value is -3.33. The van der Waals surface area contributed by atoms with Gasteiger partial charge in [0.1, 0.15) is 0 Å². The van der Waals surface area contributed by atoms with Gasteiger partial charge in [-0.2, -0.15) is 0 Å². The van der Waals surface area contributed by atoms with E-state index in [0.29, 0.717) is 13.0 Å². The van der Waals surface area contributed by atoms with Gasteiger partial charge in [0, 0.05) is 23.6 Å². The largest absolute Gasteiger partial charge is 0.452 e. The molecule has 0 unspecified atom stereocenters. The number of nitrogens with one attached hydrogen (secondary N) is 3. The SMILES string of the molecule is CS(=O)(=O)Nc1ccccc1C(=O)OCC(=O)NCCc1c[nH]c2ccccc12. The number of hydrogen-bond donors (Lipinski definition) is 3. The molecule has 9 heteroatoms. The van der Waals surface area contributed by atoms with Crippen LogP contribution in [0.1, 0.15) is 15.9 Å². The molecule has 0 aliphatic heterocycles. The van der Waals surface area contributed by atoms with Crippen molar-refractivity contribution in [1.82, 2.24) is 10.3 Å². The Labute approximate surface area is 168 Å². The standard InChI is InChI=1S/C20H21N3O5S/c1-29(26,27)23-18-9-5-3-7-16(18)20(25)28-13-19(24)21-11-10-14-12-22-17-8-4-2-6-15(14)17/h2-9,12,22-23H,10-11,13H2,1H3,(H,21,24). The first-order valence-electron chi connectivity index (χ1n) is 8.89. The summed E-state index contributed by atoms with van der Waals surface area (Å²) in [6, 6.07) is 13.9.